The number of aromatic nitrogens is 2. The highest BCUT2D eigenvalue weighted by molar-refractivity contribution is 6.03. The Morgan fingerprint density at radius 1 is 1.00 bits per heavy atom. The topological polar surface area (TPSA) is 85.8 Å². The van der Waals surface area contributed by atoms with Crippen LogP contribution >= 0.6 is 0 Å². The Morgan fingerprint density at radius 3 is 2.57 bits per heavy atom. The number of hydrogen-bond donors (Lipinski definition) is 1. The molecular weight excluding hydrogens is 468 g/mol. The summed E-state index contributed by atoms with van der Waals surface area (Å²) in [5.74, 6) is 2.52. The van der Waals surface area contributed by atoms with E-state index in [1.165, 1.54) is 6.33 Å². The number of anilines is 2. The molecule has 0 spiro atoms. The molecule has 0 saturated carbocycles. The van der Waals surface area contributed by atoms with Gasteiger partial charge in [-0.05, 0) is 60.2 Å². The molecule has 4 aromatic rings. The van der Waals surface area contributed by atoms with E-state index in [1.54, 1.807) is 25.2 Å². The van der Waals surface area contributed by atoms with E-state index in [1.807, 2.05) is 42.5 Å². The molecule has 0 fully saturated rings. The van der Waals surface area contributed by atoms with Crippen LogP contribution in [0.1, 0.15) is 37.3 Å². The van der Waals surface area contributed by atoms with Crippen molar-refractivity contribution in [2.75, 3.05) is 31.0 Å². The minimum absolute atomic E-state index is 0.134. The van der Waals surface area contributed by atoms with Crippen LogP contribution in [0.25, 0.3) is 10.9 Å². The number of para-hydroxylation sites is 1. The summed E-state index contributed by atoms with van der Waals surface area (Å²) in [5.41, 5.74) is 4.58. The second-order valence-corrected chi connectivity index (χ2v) is 9.22. The quantitative estimate of drug-likeness (QED) is 0.325. The molecule has 0 saturated heterocycles. The van der Waals surface area contributed by atoms with Crippen molar-refractivity contribution in [3.8, 4) is 23.1 Å². The Morgan fingerprint density at radius 2 is 1.78 bits per heavy atom. The first-order valence-electron chi connectivity index (χ1n) is 12.3. The summed E-state index contributed by atoms with van der Waals surface area (Å²) in [6.07, 6.45) is 3.18. The zero-order chi connectivity index (χ0) is 25.9. The third-order valence-corrected chi connectivity index (χ3v) is 6.56. The number of aryl methyl sites for hydroxylation is 1. The number of fused-ring (bicyclic) bond motifs is 2. The van der Waals surface area contributed by atoms with Gasteiger partial charge in [0.05, 0.1) is 25.1 Å². The molecule has 2 heterocycles. The molecule has 37 heavy (non-hydrogen) atoms. The molecular formula is C29H30N4O4. The highest BCUT2D eigenvalue weighted by Gasteiger charge is 2.24. The van der Waals surface area contributed by atoms with E-state index in [9.17, 15) is 4.79 Å². The molecule has 190 valence electrons. The molecule has 3 aromatic carbocycles. The van der Waals surface area contributed by atoms with E-state index in [-0.39, 0.29) is 6.03 Å². The Hall–Kier alpha value is -4.33. The lowest BCUT2D eigenvalue weighted by atomic mass is 10.0. The van der Waals surface area contributed by atoms with E-state index < -0.39 is 0 Å². The van der Waals surface area contributed by atoms with Crippen LogP contribution in [-0.4, -0.2) is 36.8 Å². The summed E-state index contributed by atoms with van der Waals surface area (Å²) in [6, 6.07) is 17.2. The lowest BCUT2D eigenvalue weighted by Gasteiger charge is -2.30. The lowest BCUT2D eigenvalue weighted by molar-refractivity contribution is 0.256. The number of amides is 2. The summed E-state index contributed by atoms with van der Waals surface area (Å²) in [6.45, 7) is 4.90. The number of rotatable bonds is 6. The van der Waals surface area contributed by atoms with Gasteiger partial charge in [-0.3, -0.25) is 4.90 Å². The molecule has 1 N–H and O–H groups in total. The van der Waals surface area contributed by atoms with Crippen LogP contribution in [-0.2, 0) is 6.42 Å². The first-order valence-corrected chi connectivity index (χ1v) is 12.3. The number of nitrogens with zero attached hydrogens (tertiary/aromatic N) is 3. The van der Waals surface area contributed by atoms with Crippen molar-refractivity contribution in [3.05, 3.63) is 72.1 Å². The van der Waals surface area contributed by atoms with Gasteiger partial charge in [0.25, 0.3) is 0 Å². The molecule has 1 aliphatic rings. The molecule has 1 aromatic heterocycles. The van der Waals surface area contributed by atoms with Crippen molar-refractivity contribution in [1.29, 1.82) is 0 Å². The van der Waals surface area contributed by atoms with Gasteiger partial charge in [0.1, 0.15) is 12.1 Å². The van der Waals surface area contributed by atoms with Crippen LogP contribution < -0.4 is 24.4 Å². The predicted octanol–water partition coefficient (Wildman–Crippen LogP) is 6.55. The standard InChI is InChI=1S/C29H30N4O4/c1-18(2)21-9-5-6-10-23(21)32-29(34)33-13-7-8-19-14-20(11-12-25(19)33)37-28-22-15-26(35-3)27(36-4)16-24(22)30-17-31-28/h5-6,9-12,14-18H,7-8,13H2,1-4H3,(H,32,34). The molecule has 0 bridgehead atoms. The predicted molar refractivity (Wildman–Crippen MR) is 144 cm³/mol. The minimum atomic E-state index is -0.134. The molecule has 0 unspecified atom stereocenters. The second kappa shape index (κ2) is 10.3. The van der Waals surface area contributed by atoms with Gasteiger partial charge in [0, 0.05) is 24.0 Å². The number of carbonyl (C=O) groups excluding carboxylic acids is 1. The van der Waals surface area contributed by atoms with Gasteiger partial charge in [0.2, 0.25) is 5.88 Å². The van der Waals surface area contributed by atoms with Crippen molar-refractivity contribution < 1.29 is 19.0 Å². The van der Waals surface area contributed by atoms with Gasteiger partial charge in [0.15, 0.2) is 11.5 Å². The van der Waals surface area contributed by atoms with E-state index in [0.29, 0.717) is 46.5 Å². The van der Waals surface area contributed by atoms with Gasteiger partial charge < -0.3 is 19.5 Å². The summed E-state index contributed by atoms with van der Waals surface area (Å²) in [4.78, 5) is 23.8. The Labute approximate surface area is 216 Å². The van der Waals surface area contributed by atoms with Gasteiger partial charge in [-0.1, -0.05) is 32.0 Å². The first-order chi connectivity index (χ1) is 18.0. The van der Waals surface area contributed by atoms with Crippen molar-refractivity contribution in [3.63, 3.8) is 0 Å². The van der Waals surface area contributed by atoms with Crippen LogP contribution in [0.5, 0.6) is 23.1 Å². The third-order valence-electron chi connectivity index (χ3n) is 6.56. The monoisotopic (exact) mass is 498 g/mol. The molecule has 1 aliphatic heterocycles. The molecule has 0 atom stereocenters. The average molecular weight is 499 g/mol. The number of benzene rings is 3. The van der Waals surface area contributed by atoms with E-state index in [4.69, 9.17) is 14.2 Å². The van der Waals surface area contributed by atoms with Crippen LogP contribution in [0.2, 0.25) is 0 Å². The molecule has 8 heteroatoms. The Balaban J connectivity index is 1.41. The third kappa shape index (κ3) is 4.87. The maximum atomic E-state index is 13.3. The van der Waals surface area contributed by atoms with Gasteiger partial charge in [-0.2, -0.15) is 0 Å². The summed E-state index contributed by atoms with van der Waals surface area (Å²) < 4.78 is 17.0. The number of hydrogen-bond acceptors (Lipinski definition) is 6. The maximum Gasteiger partial charge on any atom is 0.326 e. The van der Waals surface area contributed by atoms with E-state index in [0.717, 1.165) is 35.3 Å². The highest BCUT2D eigenvalue weighted by Crippen LogP contribution is 2.37. The van der Waals surface area contributed by atoms with Crippen LogP contribution in [0.15, 0.2) is 60.9 Å². The summed E-state index contributed by atoms with van der Waals surface area (Å²) >= 11 is 0. The van der Waals surface area contributed by atoms with Crippen molar-refractivity contribution in [1.82, 2.24) is 9.97 Å². The van der Waals surface area contributed by atoms with Crippen molar-refractivity contribution in [2.45, 2.75) is 32.6 Å². The fourth-order valence-corrected chi connectivity index (χ4v) is 4.70. The summed E-state index contributed by atoms with van der Waals surface area (Å²) in [7, 11) is 3.17. The van der Waals surface area contributed by atoms with Gasteiger partial charge in [-0.15, -0.1) is 0 Å². The lowest BCUT2D eigenvalue weighted by Crippen LogP contribution is -2.38. The normalized spacial score (nSPS) is 12.8. The maximum absolute atomic E-state index is 13.3. The van der Waals surface area contributed by atoms with E-state index in [2.05, 4.69) is 35.2 Å². The molecule has 8 nitrogen and oxygen atoms in total. The summed E-state index contributed by atoms with van der Waals surface area (Å²) in [5, 5.41) is 3.82. The van der Waals surface area contributed by atoms with Crippen LogP contribution in [0.3, 0.4) is 0 Å². The SMILES string of the molecule is COc1cc2ncnc(Oc3ccc4c(c3)CCCN4C(=O)Nc3ccccc3C(C)C)c2cc1OC. The van der Waals surface area contributed by atoms with Crippen molar-refractivity contribution in [2.24, 2.45) is 0 Å². The smallest absolute Gasteiger partial charge is 0.326 e. The minimum Gasteiger partial charge on any atom is -0.493 e. The number of carbonyl (C=O) groups is 1. The number of methoxy groups -OCH3 is 2. The molecule has 2 amide bonds. The van der Waals surface area contributed by atoms with Gasteiger partial charge >= 0.3 is 6.03 Å². The zero-order valence-corrected chi connectivity index (χ0v) is 21.4. The Bertz CT molecular complexity index is 1450. The average Bonchev–Trinajstić information content (AvgIpc) is 2.92. The number of nitrogens with one attached hydrogen (secondary N) is 1. The number of ether oxygens (including phenoxy) is 3. The van der Waals surface area contributed by atoms with Crippen LogP contribution in [0, 0.1) is 0 Å². The second-order valence-electron chi connectivity index (χ2n) is 9.22. The molecule has 5 rings (SSSR count). The van der Waals surface area contributed by atoms with Gasteiger partial charge in [-0.25, -0.2) is 14.8 Å². The highest BCUT2D eigenvalue weighted by atomic mass is 16.5. The van der Waals surface area contributed by atoms with Crippen LogP contribution in [0.4, 0.5) is 16.2 Å². The molecule has 0 aliphatic carbocycles. The first kappa shape index (κ1) is 24.4. The van der Waals surface area contributed by atoms with E-state index >= 15 is 0 Å². The number of urea groups is 1. The zero-order valence-electron chi connectivity index (χ0n) is 21.4. The van der Waals surface area contributed by atoms with Crippen molar-refractivity contribution >= 4 is 28.3 Å². The fraction of sp³-hybridized carbons (Fsp3) is 0.276. The largest absolute Gasteiger partial charge is 0.493 e. The fourth-order valence-electron chi connectivity index (χ4n) is 4.70. The molecule has 0 radical (unpaired) electrons. The Kier molecular flexibility index (Phi) is 6.81.